The van der Waals surface area contributed by atoms with Crippen LogP contribution in [-0.4, -0.2) is 50.5 Å². The van der Waals surface area contributed by atoms with Crippen molar-refractivity contribution in [1.29, 1.82) is 0 Å². The van der Waals surface area contributed by atoms with Crippen molar-refractivity contribution in [3.8, 4) is 22.8 Å². The zero-order valence-corrected chi connectivity index (χ0v) is 17.0. The van der Waals surface area contributed by atoms with Crippen LogP contribution in [0.1, 0.15) is 47.9 Å². The Kier molecular flexibility index (Phi) is 5.46. The summed E-state index contributed by atoms with van der Waals surface area (Å²) in [5, 5.41) is 27.6. The van der Waals surface area contributed by atoms with E-state index in [1.54, 1.807) is 41.3 Å². The number of carbonyl (C=O) groups excluding carboxylic acids is 1. The summed E-state index contributed by atoms with van der Waals surface area (Å²) in [6, 6.07) is 13.4. The third kappa shape index (κ3) is 3.64. The van der Waals surface area contributed by atoms with Gasteiger partial charge in [-0.05, 0) is 50.1 Å². The van der Waals surface area contributed by atoms with Crippen LogP contribution in [0.4, 0.5) is 0 Å². The molecule has 7 nitrogen and oxygen atoms in total. The number of fused-ring (bicyclic) bond motifs is 1. The number of aromatic hydroxyl groups is 2. The lowest BCUT2D eigenvalue weighted by Gasteiger charge is -2.26. The molecule has 4 rings (SSSR count). The van der Waals surface area contributed by atoms with Gasteiger partial charge >= 0.3 is 0 Å². The Morgan fingerprint density at radius 3 is 2.70 bits per heavy atom. The molecule has 0 fully saturated rings. The quantitative estimate of drug-likeness (QED) is 0.517. The van der Waals surface area contributed by atoms with Crippen LogP contribution in [-0.2, 0) is 4.74 Å². The minimum Gasteiger partial charge on any atom is -0.508 e. The molecule has 1 atom stereocenters. The first kappa shape index (κ1) is 20.0. The van der Waals surface area contributed by atoms with Crippen molar-refractivity contribution in [2.45, 2.75) is 32.4 Å². The maximum absolute atomic E-state index is 13.2. The molecule has 0 saturated heterocycles. The Labute approximate surface area is 174 Å². The maximum atomic E-state index is 13.2. The number of rotatable bonds is 7. The molecule has 0 saturated carbocycles. The molecule has 156 valence electrons. The fraction of sp³-hybridized carbons (Fsp3) is 0.304. The summed E-state index contributed by atoms with van der Waals surface area (Å²) >= 11 is 0. The third-order valence-corrected chi connectivity index (χ3v) is 5.20. The van der Waals surface area contributed by atoms with Crippen LogP contribution in [0.15, 0.2) is 48.5 Å². The Hall–Kier alpha value is -3.32. The maximum Gasteiger partial charge on any atom is 0.273 e. The zero-order valence-electron chi connectivity index (χ0n) is 17.0. The summed E-state index contributed by atoms with van der Waals surface area (Å²) in [5.74, 6) is 0.0684. The van der Waals surface area contributed by atoms with Crippen molar-refractivity contribution in [3.05, 3.63) is 65.4 Å². The molecule has 1 aromatic heterocycles. The number of phenols is 2. The van der Waals surface area contributed by atoms with Crippen LogP contribution >= 0.6 is 0 Å². The highest BCUT2D eigenvalue weighted by Crippen LogP contribution is 2.44. The number of nitrogens with one attached hydrogen (secondary N) is 1. The van der Waals surface area contributed by atoms with Crippen molar-refractivity contribution >= 4 is 5.91 Å². The van der Waals surface area contributed by atoms with E-state index >= 15 is 0 Å². The average Bonchev–Trinajstić information content (AvgIpc) is 3.25. The molecule has 2 aromatic carbocycles. The molecule has 1 aliphatic heterocycles. The molecule has 0 unspecified atom stereocenters. The SMILES string of the molecule is CC(C)OCCCN1C(=O)c2[nH]nc(-c3ccccc3O)c2[C@H]1c1cccc(O)c1. The minimum atomic E-state index is -0.424. The van der Waals surface area contributed by atoms with Crippen LogP contribution < -0.4 is 0 Å². The molecule has 3 aromatic rings. The lowest BCUT2D eigenvalue weighted by molar-refractivity contribution is 0.0601. The highest BCUT2D eigenvalue weighted by atomic mass is 16.5. The Balaban J connectivity index is 1.76. The molecule has 0 aliphatic carbocycles. The molecule has 0 bridgehead atoms. The van der Waals surface area contributed by atoms with Crippen LogP contribution in [0.25, 0.3) is 11.3 Å². The van der Waals surface area contributed by atoms with Gasteiger partial charge in [0, 0.05) is 24.3 Å². The van der Waals surface area contributed by atoms with Gasteiger partial charge in [0.2, 0.25) is 0 Å². The van der Waals surface area contributed by atoms with Crippen LogP contribution in [0.2, 0.25) is 0 Å². The Morgan fingerprint density at radius 1 is 1.17 bits per heavy atom. The molecule has 7 heteroatoms. The first-order valence-corrected chi connectivity index (χ1v) is 10.1. The number of hydrogen-bond acceptors (Lipinski definition) is 5. The van der Waals surface area contributed by atoms with Gasteiger partial charge in [0.05, 0.1) is 12.1 Å². The van der Waals surface area contributed by atoms with Crippen molar-refractivity contribution in [2.75, 3.05) is 13.2 Å². The number of para-hydroxylation sites is 1. The fourth-order valence-electron chi connectivity index (χ4n) is 3.90. The molecule has 2 heterocycles. The summed E-state index contributed by atoms with van der Waals surface area (Å²) in [6.07, 6.45) is 0.814. The first-order chi connectivity index (χ1) is 14.5. The number of phenolic OH excluding ortho intramolecular Hbond substituents is 2. The van der Waals surface area contributed by atoms with E-state index in [9.17, 15) is 15.0 Å². The second-order valence-corrected chi connectivity index (χ2v) is 7.65. The van der Waals surface area contributed by atoms with Gasteiger partial charge in [0.15, 0.2) is 0 Å². The number of aromatic nitrogens is 2. The van der Waals surface area contributed by atoms with E-state index in [1.807, 2.05) is 26.0 Å². The number of nitrogens with zero attached hydrogens (tertiary/aromatic N) is 2. The zero-order chi connectivity index (χ0) is 21.3. The normalized spacial score (nSPS) is 15.8. The first-order valence-electron chi connectivity index (χ1n) is 10.1. The van der Waals surface area contributed by atoms with Crippen LogP contribution in [0.3, 0.4) is 0 Å². The van der Waals surface area contributed by atoms with Gasteiger partial charge in [-0.3, -0.25) is 9.89 Å². The topological polar surface area (TPSA) is 98.7 Å². The fourth-order valence-corrected chi connectivity index (χ4v) is 3.90. The molecule has 1 aliphatic rings. The molecular formula is C23H25N3O4. The van der Waals surface area contributed by atoms with Gasteiger partial charge in [-0.25, -0.2) is 0 Å². The average molecular weight is 407 g/mol. The van der Waals surface area contributed by atoms with E-state index in [0.29, 0.717) is 42.1 Å². The number of benzene rings is 2. The van der Waals surface area contributed by atoms with Crippen molar-refractivity contribution in [3.63, 3.8) is 0 Å². The number of carbonyl (C=O) groups is 1. The van der Waals surface area contributed by atoms with Gasteiger partial charge in [0.25, 0.3) is 5.91 Å². The summed E-state index contributed by atoms with van der Waals surface area (Å²) in [5.41, 5.74) is 2.98. The van der Waals surface area contributed by atoms with Gasteiger partial charge in [0.1, 0.15) is 22.9 Å². The third-order valence-electron chi connectivity index (χ3n) is 5.20. The van der Waals surface area contributed by atoms with Crippen molar-refractivity contribution in [2.24, 2.45) is 0 Å². The van der Waals surface area contributed by atoms with Gasteiger partial charge in [-0.1, -0.05) is 24.3 Å². The molecule has 1 amide bonds. The molecule has 3 N–H and O–H groups in total. The number of aromatic amines is 1. The van der Waals surface area contributed by atoms with E-state index in [-0.39, 0.29) is 23.5 Å². The Morgan fingerprint density at radius 2 is 1.97 bits per heavy atom. The molecular weight excluding hydrogens is 382 g/mol. The van der Waals surface area contributed by atoms with E-state index in [1.165, 1.54) is 0 Å². The largest absolute Gasteiger partial charge is 0.508 e. The second-order valence-electron chi connectivity index (χ2n) is 7.65. The van der Waals surface area contributed by atoms with Crippen molar-refractivity contribution < 1.29 is 19.7 Å². The monoisotopic (exact) mass is 407 g/mol. The summed E-state index contributed by atoms with van der Waals surface area (Å²) in [7, 11) is 0. The summed E-state index contributed by atoms with van der Waals surface area (Å²) in [6.45, 7) is 5.00. The van der Waals surface area contributed by atoms with Crippen LogP contribution in [0.5, 0.6) is 11.5 Å². The molecule has 0 spiro atoms. The smallest absolute Gasteiger partial charge is 0.273 e. The lowest BCUT2D eigenvalue weighted by Crippen LogP contribution is -2.31. The summed E-state index contributed by atoms with van der Waals surface area (Å²) in [4.78, 5) is 15.0. The van der Waals surface area contributed by atoms with E-state index in [4.69, 9.17) is 4.74 Å². The van der Waals surface area contributed by atoms with E-state index < -0.39 is 6.04 Å². The minimum absolute atomic E-state index is 0.0951. The van der Waals surface area contributed by atoms with Gasteiger partial charge < -0.3 is 19.8 Å². The number of H-pyrrole nitrogens is 1. The standard InChI is InChI=1S/C23H25N3O4/c1-14(2)30-12-6-11-26-22(15-7-5-8-16(27)13-15)19-20(24-25-21(19)23(26)29)17-9-3-4-10-18(17)28/h3-5,7-10,13-14,22,27-28H,6,11-12H2,1-2H3,(H,24,25)/t22-/m1/s1. The molecule has 0 radical (unpaired) electrons. The molecule has 30 heavy (non-hydrogen) atoms. The van der Waals surface area contributed by atoms with Gasteiger partial charge in [-0.15, -0.1) is 0 Å². The predicted molar refractivity (Wildman–Crippen MR) is 112 cm³/mol. The van der Waals surface area contributed by atoms with Crippen molar-refractivity contribution in [1.82, 2.24) is 15.1 Å². The number of amides is 1. The summed E-state index contributed by atoms with van der Waals surface area (Å²) < 4.78 is 5.63. The Bertz CT molecular complexity index is 1060. The second kappa shape index (κ2) is 8.20. The van der Waals surface area contributed by atoms with Gasteiger partial charge in [-0.2, -0.15) is 5.10 Å². The predicted octanol–water partition coefficient (Wildman–Crippen LogP) is 3.85. The van der Waals surface area contributed by atoms with E-state index in [2.05, 4.69) is 10.2 Å². The number of hydrogen-bond donors (Lipinski definition) is 3. The highest BCUT2D eigenvalue weighted by Gasteiger charge is 2.42. The number of ether oxygens (including phenoxy) is 1. The lowest BCUT2D eigenvalue weighted by atomic mass is 9.95. The van der Waals surface area contributed by atoms with Crippen LogP contribution in [0, 0.1) is 0 Å². The van der Waals surface area contributed by atoms with E-state index in [0.717, 1.165) is 5.56 Å². The highest BCUT2D eigenvalue weighted by molar-refractivity contribution is 6.00.